The number of nitrogens with zero attached hydrogens (tertiary/aromatic N) is 2. The molecule has 0 spiro atoms. The van der Waals surface area contributed by atoms with Crippen molar-refractivity contribution in [1.82, 2.24) is 15.5 Å². The van der Waals surface area contributed by atoms with Crippen LogP contribution in [0, 0.1) is 3.57 Å². The molecule has 1 heterocycles. The van der Waals surface area contributed by atoms with Crippen LogP contribution in [-0.4, -0.2) is 23.8 Å². The molecule has 90 valence electrons. The van der Waals surface area contributed by atoms with Crippen LogP contribution in [0.4, 0.5) is 0 Å². The molecule has 17 heavy (non-hydrogen) atoms. The van der Waals surface area contributed by atoms with E-state index in [1.807, 2.05) is 7.05 Å². The average molecular weight is 359 g/mol. The molecule has 0 radical (unpaired) electrons. The van der Waals surface area contributed by atoms with Crippen molar-refractivity contribution in [3.05, 3.63) is 32.8 Å². The summed E-state index contributed by atoms with van der Waals surface area (Å²) in [5.74, 6) is 0. The van der Waals surface area contributed by atoms with Gasteiger partial charge in [0.1, 0.15) is 10.0 Å². The number of benzene rings is 1. The second-order valence-corrected chi connectivity index (χ2v) is 6.02. The van der Waals surface area contributed by atoms with Gasteiger partial charge in [0.25, 0.3) is 0 Å². The molecule has 0 fully saturated rings. The number of nitrogens with one attached hydrogen (secondary N) is 1. The van der Waals surface area contributed by atoms with Crippen molar-refractivity contribution in [3.63, 3.8) is 0 Å². The Labute approximate surface area is 119 Å². The molecule has 0 saturated carbocycles. The van der Waals surface area contributed by atoms with E-state index in [0.29, 0.717) is 0 Å². The molecule has 0 atom stereocenters. The van der Waals surface area contributed by atoms with Gasteiger partial charge in [-0.15, -0.1) is 10.2 Å². The standard InChI is InChI=1S/C12H14IN3S/c1-14-8-2-3-11-15-16-12(17-11)9-4-6-10(13)7-5-9/h4-7,14H,2-3,8H2,1H3. The molecule has 2 aromatic rings. The van der Waals surface area contributed by atoms with Gasteiger partial charge in [-0.05, 0) is 54.7 Å². The van der Waals surface area contributed by atoms with Crippen molar-refractivity contribution < 1.29 is 0 Å². The van der Waals surface area contributed by atoms with Gasteiger partial charge in [0.15, 0.2) is 0 Å². The lowest BCUT2D eigenvalue weighted by atomic mass is 10.2. The minimum Gasteiger partial charge on any atom is -0.320 e. The Kier molecular flexibility index (Phi) is 4.87. The Hall–Kier alpha value is -0.530. The van der Waals surface area contributed by atoms with Crippen LogP contribution < -0.4 is 5.32 Å². The van der Waals surface area contributed by atoms with E-state index in [9.17, 15) is 0 Å². The smallest absolute Gasteiger partial charge is 0.147 e. The maximum Gasteiger partial charge on any atom is 0.147 e. The van der Waals surface area contributed by atoms with Gasteiger partial charge in [-0.1, -0.05) is 23.5 Å². The fourth-order valence-electron chi connectivity index (χ4n) is 1.48. The van der Waals surface area contributed by atoms with E-state index in [1.165, 1.54) is 3.57 Å². The van der Waals surface area contributed by atoms with E-state index in [0.717, 1.165) is 35.0 Å². The normalized spacial score (nSPS) is 10.7. The predicted octanol–water partition coefficient (Wildman–Crippen LogP) is 2.96. The van der Waals surface area contributed by atoms with E-state index in [-0.39, 0.29) is 0 Å². The van der Waals surface area contributed by atoms with Gasteiger partial charge in [0, 0.05) is 15.6 Å². The molecule has 1 N–H and O–H groups in total. The predicted molar refractivity (Wildman–Crippen MR) is 80.3 cm³/mol. The van der Waals surface area contributed by atoms with Crippen LogP contribution >= 0.6 is 33.9 Å². The van der Waals surface area contributed by atoms with Crippen molar-refractivity contribution >= 4 is 33.9 Å². The van der Waals surface area contributed by atoms with Crippen molar-refractivity contribution in [2.45, 2.75) is 12.8 Å². The Balaban J connectivity index is 2.04. The molecule has 1 aromatic heterocycles. The molecule has 0 aliphatic heterocycles. The molecule has 0 unspecified atom stereocenters. The molecule has 0 aliphatic carbocycles. The average Bonchev–Trinajstić information content (AvgIpc) is 2.79. The summed E-state index contributed by atoms with van der Waals surface area (Å²) in [4.78, 5) is 0. The number of hydrogen-bond acceptors (Lipinski definition) is 4. The minimum absolute atomic E-state index is 1.00. The van der Waals surface area contributed by atoms with Crippen molar-refractivity contribution in [2.75, 3.05) is 13.6 Å². The number of aryl methyl sites for hydroxylation is 1. The van der Waals surface area contributed by atoms with Gasteiger partial charge in [0.05, 0.1) is 0 Å². The monoisotopic (exact) mass is 359 g/mol. The Morgan fingerprint density at radius 1 is 1.24 bits per heavy atom. The first kappa shape index (κ1) is 12.9. The van der Waals surface area contributed by atoms with Crippen LogP contribution in [0.1, 0.15) is 11.4 Å². The number of aromatic nitrogens is 2. The summed E-state index contributed by atoms with van der Waals surface area (Å²) in [5, 5.41) is 13.7. The maximum absolute atomic E-state index is 4.24. The van der Waals surface area contributed by atoms with Crippen molar-refractivity contribution in [3.8, 4) is 10.6 Å². The van der Waals surface area contributed by atoms with E-state index < -0.39 is 0 Å². The highest BCUT2D eigenvalue weighted by Crippen LogP contribution is 2.24. The zero-order valence-corrected chi connectivity index (χ0v) is 12.6. The molecule has 1 aromatic carbocycles. The topological polar surface area (TPSA) is 37.8 Å². The number of rotatable bonds is 5. The lowest BCUT2D eigenvalue weighted by molar-refractivity contribution is 0.718. The van der Waals surface area contributed by atoms with Crippen LogP contribution in [0.5, 0.6) is 0 Å². The van der Waals surface area contributed by atoms with Crippen LogP contribution in [-0.2, 0) is 6.42 Å². The Morgan fingerprint density at radius 3 is 2.71 bits per heavy atom. The molecule has 0 saturated heterocycles. The van der Waals surface area contributed by atoms with Gasteiger partial charge in [-0.3, -0.25) is 0 Å². The van der Waals surface area contributed by atoms with Crippen molar-refractivity contribution in [1.29, 1.82) is 0 Å². The molecule has 5 heteroatoms. The highest BCUT2D eigenvalue weighted by Gasteiger charge is 2.06. The summed E-state index contributed by atoms with van der Waals surface area (Å²) in [5.41, 5.74) is 1.16. The quantitative estimate of drug-likeness (QED) is 0.659. The maximum atomic E-state index is 4.24. The number of hydrogen-bond donors (Lipinski definition) is 1. The van der Waals surface area contributed by atoms with Gasteiger partial charge >= 0.3 is 0 Å². The van der Waals surface area contributed by atoms with Crippen LogP contribution in [0.25, 0.3) is 10.6 Å². The SMILES string of the molecule is CNCCCc1nnc(-c2ccc(I)cc2)s1. The molecule has 0 bridgehead atoms. The van der Waals surface area contributed by atoms with Gasteiger partial charge in [0.2, 0.25) is 0 Å². The summed E-state index contributed by atoms with van der Waals surface area (Å²) >= 11 is 3.99. The summed E-state index contributed by atoms with van der Waals surface area (Å²) in [6.45, 7) is 1.03. The largest absolute Gasteiger partial charge is 0.320 e. The summed E-state index contributed by atoms with van der Waals surface area (Å²) < 4.78 is 1.24. The van der Waals surface area contributed by atoms with E-state index in [2.05, 4.69) is 62.4 Å². The lowest BCUT2D eigenvalue weighted by Gasteiger charge is -1.95. The first-order valence-electron chi connectivity index (χ1n) is 5.52. The molecule has 0 amide bonds. The summed E-state index contributed by atoms with van der Waals surface area (Å²) in [6.07, 6.45) is 2.11. The Morgan fingerprint density at radius 2 is 2.00 bits per heavy atom. The minimum atomic E-state index is 1.00. The van der Waals surface area contributed by atoms with E-state index >= 15 is 0 Å². The molecule has 2 rings (SSSR count). The molecular weight excluding hydrogens is 345 g/mol. The van der Waals surface area contributed by atoms with Gasteiger partial charge in [-0.2, -0.15) is 0 Å². The third-order valence-corrected chi connectivity index (χ3v) is 4.13. The zero-order valence-electron chi connectivity index (χ0n) is 9.61. The Bertz CT molecular complexity index is 467. The molecular formula is C12H14IN3S. The first-order chi connectivity index (χ1) is 8.29. The van der Waals surface area contributed by atoms with E-state index in [4.69, 9.17) is 0 Å². The highest BCUT2D eigenvalue weighted by atomic mass is 127. The van der Waals surface area contributed by atoms with Gasteiger partial charge in [-0.25, -0.2) is 0 Å². The van der Waals surface area contributed by atoms with Gasteiger partial charge < -0.3 is 5.32 Å². The molecule has 0 aliphatic rings. The lowest BCUT2D eigenvalue weighted by Crippen LogP contribution is -2.08. The van der Waals surface area contributed by atoms with Crippen molar-refractivity contribution in [2.24, 2.45) is 0 Å². The fourth-order valence-corrected chi connectivity index (χ4v) is 2.73. The summed E-state index contributed by atoms with van der Waals surface area (Å²) in [6, 6.07) is 8.38. The second-order valence-electron chi connectivity index (χ2n) is 3.71. The first-order valence-corrected chi connectivity index (χ1v) is 7.42. The summed E-state index contributed by atoms with van der Waals surface area (Å²) in [7, 11) is 1.97. The highest BCUT2D eigenvalue weighted by molar-refractivity contribution is 14.1. The second kappa shape index (κ2) is 6.42. The number of halogens is 1. The zero-order chi connectivity index (χ0) is 12.1. The third kappa shape index (κ3) is 3.72. The third-order valence-electron chi connectivity index (χ3n) is 2.38. The van der Waals surface area contributed by atoms with E-state index in [1.54, 1.807) is 11.3 Å². The van der Waals surface area contributed by atoms with Crippen LogP contribution in [0.3, 0.4) is 0 Å². The van der Waals surface area contributed by atoms with Crippen LogP contribution in [0.15, 0.2) is 24.3 Å². The molecule has 3 nitrogen and oxygen atoms in total. The van der Waals surface area contributed by atoms with Crippen LogP contribution in [0.2, 0.25) is 0 Å². The fraction of sp³-hybridized carbons (Fsp3) is 0.333.